The number of aromatic nitrogens is 4. The van der Waals surface area contributed by atoms with Crippen LogP contribution in [0.5, 0.6) is 0 Å². The molecule has 0 bridgehead atoms. The molecular weight excluding hydrogens is 365 g/mol. The second-order valence-electron chi connectivity index (χ2n) is 6.48. The van der Waals surface area contributed by atoms with Gasteiger partial charge in [-0.3, -0.25) is 9.13 Å². The number of methoxy groups -OCH3 is 1. The zero-order chi connectivity index (χ0) is 19.1. The third kappa shape index (κ3) is 3.34. The topological polar surface area (TPSA) is 155 Å². The number of ether oxygens (including phenoxy) is 2. The average Bonchev–Trinajstić information content (AvgIpc) is 3.17. The summed E-state index contributed by atoms with van der Waals surface area (Å²) in [7, 11) is -2.75. The maximum Gasteiger partial charge on any atom is 0.359 e. The Kier molecular flexibility index (Phi) is 5.04. The molecule has 4 atom stereocenters. The molecule has 3 rings (SSSR count). The molecule has 144 valence electrons. The first-order valence-corrected chi connectivity index (χ1v) is 9.53. The summed E-state index contributed by atoms with van der Waals surface area (Å²) in [5.74, 6) is 0.246. The van der Waals surface area contributed by atoms with Gasteiger partial charge in [-0.05, 0) is 13.8 Å². The molecule has 0 aliphatic carbocycles. The van der Waals surface area contributed by atoms with Crippen molar-refractivity contribution >= 4 is 24.6 Å². The molecular formula is C14H22N5O6P. The molecule has 1 saturated heterocycles. The van der Waals surface area contributed by atoms with Crippen molar-refractivity contribution in [2.45, 2.75) is 44.0 Å². The Bertz CT molecular complexity index is 842. The van der Waals surface area contributed by atoms with Gasteiger partial charge in [0.2, 0.25) is 0 Å². The number of imidazole rings is 1. The molecule has 11 nitrogen and oxygen atoms in total. The van der Waals surface area contributed by atoms with Gasteiger partial charge in [0.1, 0.15) is 24.2 Å². The second-order valence-corrected chi connectivity index (χ2v) is 8.86. The number of aliphatic hydroxyl groups excluding tert-OH is 1. The largest absolute Gasteiger partial charge is 0.390 e. The molecule has 1 aliphatic rings. The maximum atomic E-state index is 12.3. The molecule has 3 heterocycles. The van der Waals surface area contributed by atoms with Gasteiger partial charge in [-0.25, -0.2) is 15.0 Å². The van der Waals surface area contributed by atoms with Crippen LogP contribution in [0.1, 0.15) is 26.5 Å². The third-order valence-electron chi connectivity index (χ3n) is 4.50. The summed E-state index contributed by atoms with van der Waals surface area (Å²) in [5.41, 5.74) is 6.68. The zero-order valence-electron chi connectivity index (χ0n) is 14.6. The van der Waals surface area contributed by atoms with Crippen molar-refractivity contribution in [3.63, 3.8) is 0 Å². The van der Waals surface area contributed by atoms with Crippen molar-refractivity contribution in [2.24, 2.45) is 0 Å². The van der Waals surface area contributed by atoms with Crippen LogP contribution < -0.4 is 5.73 Å². The van der Waals surface area contributed by atoms with Crippen molar-refractivity contribution in [3.05, 3.63) is 12.7 Å². The highest BCUT2D eigenvalue weighted by Gasteiger charge is 2.43. The van der Waals surface area contributed by atoms with E-state index in [1.54, 1.807) is 4.57 Å². The van der Waals surface area contributed by atoms with Crippen molar-refractivity contribution in [3.8, 4) is 0 Å². The Labute approximate surface area is 149 Å². The number of aliphatic hydroxyl groups is 1. The van der Waals surface area contributed by atoms with Crippen LogP contribution >= 0.6 is 7.60 Å². The fraction of sp³-hybridized carbons (Fsp3) is 0.643. The van der Waals surface area contributed by atoms with E-state index in [0.29, 0.717) is 11.2 Å². The van der Waals surface area contributed by atoms with E-state index in [1.165, 1.54) is 33.6 Å². The summed E-state index contributed by atoms with van der Waals surface area (Å²) < 4.78 is 29.8. The van der Waals surface area contributed by atoms with Crippen molar-refractivity contribution < 1.29 is 28.6 Å². The van der Waals surface area contributed by atoms with Gasteiger partial charge < -0.3 is 29.7 Å². The highest BCUT2D eigenvalue weighted by molar-refractivity contribution is 7.54. The molecule has 1 aliphatic heterocycles. The number of nitrogen functional groups attached to an aromatic ring is 1. The van der Waals surface area contributed by atoms with E-state index in [0.717, 1.165) is 0 Å². The van der Waals surface area contributed by atoms with Crippen LogP contribution in [-0.4, -0.2) is 60.8 Å². The van der Waals surface area contributed by atoms with Gasteiger partial charge in [-0.1, -0.05) is 0 Å². The van der Waals surface area contributed by atoms with Crippen molar-refractivity contribution in [2.75, 3.05) is 19.5 Å². The molecule has 26 heavy (non-hydrogen) atoms. The summed E-state index contributed by atoms with van der Waals surface area (Å²) >= 11 is 0. The van der Waals surface area contributed by atoms with Gasteiger partial charge in [-0.15, -0.1) is 0 Å². The van der Waals surface area contributed by atoms with Crippen LogP contribution in [0.3, 0.4) is 0 Å². The molecule has 0 saturated carbocycles. The molecule has 0 amide bonds. The van der Waals surface area contributed by atoms with E-state index in [-0.39, 0.29) is 18.8 Å². The van der Waals surface area contributed by atoms with Gasteiger partial charge in [0.25, 0.3) is 0 Å². The quantitative estimate of drug-likeness (QED) is 0.601. The molecule has 4 N–H and O–H groups in total. The van der Waals surface area contributed by atoms with Gasteiger partial charge in [0, 0.05) is 13.5 Å². The summed E-state index contributed by atoms with van der Waals surface area (Å²) in [6.07, 6.45) is 0.823. The predicted molar refractivity (Wildman–Crippen MR) is 91.1 cm³/mol. The predicted octanol–water partition coefficient (Wildman–Crippen LogP) is 0.641. The fourth-order valence-corrected chi connectivity index (χ4v) is 3.45. The van der Waals surface area contributed by atoms with E-state index in [4.69, 9.17) is 19.7 Å². The lowest BCUT2D eigenvalue weighted by molar-refractivity contribution is -0.0439. The Morgan fingerprint density at radius 1 is 1.46 bits per heavy atom. The van der Waals surface area contributed by atoms with Crippen LogP contribution in [0.15, 0.2) is 12.7 Å². The first-order valence-electron chi connectivity index (χ1n) is 7.95. The molecule has 2 aromatic heterocycles. The minimum atomic E-state index is -4.07. The van der Waals surface area contributed by atoms with Gasteiger partial charge in [0.05, 0.1) is 19.0 Å². The van der Waals surface area contributed by atoms with Crippen LogP contribution in [-0.2, 0) is 18.6 Å². The zero-order valence-corrected chi connectivity index (χ0v) is 15.5. The summed E-state index contributed by atoms with van der Waals surface area (Å²) in [6.45, 7) is 2.64. The summed E-state index contributed by atoms with van der Waals surface area (Å²) in [6, 6.07) is 0. The second kappa shape index (κ2) is 6.84. The molecule has 2 aromatic rings. The Morgan fingerprint density at radius 3 is 2.88 bits per heavy atom. The van der Waals surface area contributed by atoms with Crippen molar-refractivity contribution in [1.82, 2.24) is 19.5 Å². The number of fused-ring (bicyclic) bond motifs is 1. The first-order chi connectivity index (χ1) is 12.2. The lowest BCUT2D eigenvalue weighted by Crippen LogP contribution is -2.30. The van der Waals surface area contributed by atoms with E-state index >= 15 is 0 Å². The SMILES string of the molecule is COC(C)(C)P(=O)(O)OC[C@H]1O[C@@H](n2cnc3c(N)ncnc32)C[C@@H]1O. The number of anilines is 1. The van der Waals surface area contributed by atoms with Gasteiger partial charge >= 0.3 is 7.60 Å². The van der Waals surface area contributed by atoms with Crippen LogP contribution in [0.2, 0.25) is 0 Å². The van der Waals surface area contributed by atoms with Crippen molar-refractivity contribution in [1.29, 1.82) is 0 Å². The average molecular weight is 387 g/mol. The monoisotopic (exact) mass is 387 g/mol. The standard InChI is InChI=1S/C14H22N5O6P/c1-14(2,23-3)26(21,22)24-5-9-8(20)4-10(25-9)19-7-18-11-12(15)16-6-17-13(11)19/h6-10,20H,4-5H2,1-3H3,(H,21,22)(H2,15,16,17)/t8-,9+,10+/m0/s1. The Morgan fingerprint density at radius 2 is 2.19 bits per heavy atom. The molecule has 1 fully saturated rings. The molecule has 0 aromatic carbocycles. The van der Waals surface area contributed by atoms with E-state index in [1.807, 2.05) is 0 Å². The number of rotatable bonds is 6. The van der Waals surface area contributed by atoms with E-state index in [9.17, 15) is 14.6 Å². The van der Waals surface area contributed by atoms with Gasteiger partial charge in [-0.2, -0.15) is 0 Å². The third-order valence-corrected chi connectivity index (χ3v) is 6.54. The number of hydrogen-bond acceptors (Lipinski definition) is 9. The summed E-state index contributed by atoms with van der Waals surface area (Å²) in [4.78, 5) is 22.2. The highest BCUT2D eigenvalue weighted by atomic mass is 31.2. The Hall–Kier alpha value is -1.62. The lowest BCUT2D eigenvalue weighted by atomic mass is 10.2. The molecule has 1 unspecified atom stereocenters. The first kappa shape index (κ1) is 19.2. The van der Waals surface area contributed by atoms with E-state index < -0.39 is 31.4 Å². The molecule has 0 radical (unpaired) electrons. The maximum absolute atomic E-state index is 12.3. The minimum Gasteiger partial charge on any atom is -0.390 e. The highest BCUT2D eigenvalue weighted by Crippen LogP contribution is 2.55. The lowest BCUT2D eigenvalue weighted by Gasteiger charge is -2.29. The van der Waals surface area contributed by atoms with Crippen LogP contribution in [0, 0.1) is 0 Å². The number of hydrogen-bond donors (Lipinski definition) is 3. The fourth-order valence-electron chi connectivity index (χ4n) is 2.56. The van der Waals surface area contributed by atoms with Crippen LogP contribution in [0.25, 0.3) is 11.2 Å². The minimum absolute atomic E-state index is 0.243. The van der Waals surface area contributed by atoms with Crippen LogP contribution in [0.4, 0.5) is 5.82 Å². The van der Waals surface area contributed by atoms with Gasteiger partial charge in [0.15, 0.2) is 16.8 Å². The summed E-state index contributed by atoms with van der Waals surface area (Å²) in [5, 5.41) is 8.87. The number of nitrogens with zero attached hydrogens (tertiary/aromatic N) is 4. The Balaban J connectivity index is 1.72. The smallest absolute Gasteiger partial charge is 0.359 e. The molecule has 12 heteroatoms. The number of nitrogens with two attached hydrogens (primary N) is 1. The normalized spacial score (nSPS) is 26.3. The molecule has 0 spiro atoms. The van der Waals surface area contributed by atoms with E-state index in [2.05, 4.69) is 15.0 Å².